The van der Waals surface area contributed by atoms with E-state index in [1.54, 1.807) is 0 Å². The fourth-order valence-electron chi connectivity index (χ4n) is 1.38. The van der Waals surface area contributed by atoms with Gasteiger partial charge in [-0.25, -0.2) is 0 Å². The van der Waals surface area contributed by atoms with Crippen LogP contribution < -0.4 is 15.8 Å². The van der Waals surface area contributed by atoms with Crippen LogP contribution in [0.15, 0.2) is 24.3 Å². The molecular weight excluding hydrogens is 254 g/mol. The van der Waals surface area contributed by atoms with E-state index in [-0.39, 0.29) is 30.0 Å². The summed E-state index contributed by atoms with van der Waals surface area (Å²) in [7, 11) is 0. The zero-order chi connectivity index (χ0) is 14.4. The Morgan fingerprint density at radius 1 is 1.32 bits per heavy atom. The van der Waals surface area contributed by atoms with E-state index in [1.165, 1.54) is 24.3 Å². The number of anilines is 1. The second-order valence-electron chi connectivity index (χ2n) is 4.56. The summed E-state index contributed by atoms with van der Waals surface area (Å²) in [6, 6.07) is 5.52. The number of halogens is 2. The number of hydrogen-bond acceptors (Lipinski definition) is 3. The fraction of sp³-hybridized carbons (Fsp3) is 0.462. The number of alkyl halides is 2. The normalized spacial score (nSPS) is 12.6. The topological polar surface area (TPSA) is 64.4 Å². The second-order valence-corrected chi connectivity index (χ2v) is 4.56. The molecule has 4 nitrogen and oxygen atoms in total. The molecule has 1 amide bonds. The molecule has 0 bridgehead atoms. The molecule has 1 aromatic rings. The molecule has 0 aliphatic rings. The van der Waals surface area contributed by atoms with Crippen molar-refractivity contribution in [2.75, 3.05) is 5.32 Å². The molecule has 0 aromatic heterocycles. The second kappa shape index (κ2) is 7.04. The van der Waals surface area contributed by atoms with Crippen LogP contribution in [-0.2, 0) is 4.79 Å². The molecule has 0 spiro atoms. The highest BCUT2D eigenvalue weighted by atomic mass is 19.3. The molecule has 1 aromatic carbocycles. The van der Waals surface area contributed by atoms with Gasteiger partial charge in [0.2, 0.25) is 5.91 Å². The predicted octanol–water partition coefficient (Wildman–Crippen LogP) is 2.60. The number of nitrogens with one attached hydrogen (secondary N) is 1. The first kappa shape index (κ1) is 15.4. The zero-order valence-electron chi connectivity index (χ0n) is 10.9. The molecule has 0 radical (unpaired) electrons. The Labute approximate surface area is 110 Å². The molecule has 0 aliphatic carbocycles. The average molecular weight is 272 g/mol. The number of amides is 1. The van der Waals surface area contributed by atoms with Gasteiger partial charge in [-0.2, -0.15) is 8.78 Å². The Morgan fingerprint density at radius 2 is 1.89 bits per heavy atom. The van der Waals surface area contributed by atoms with Crippen molar-refractivity contribution in [3.63, 3.8) is 0 Å². The number of hydrogen-bond donors (Lipinski definition) is 2. The van der Waals surface area contributed by atoms with Crippen LogP contribution in [0.1, 0.15) is 20.3 Å². The molecule has 1 atom stereocenters. The van der Waals surface area contributed by atoms with Crippen LogP contribution in [-0.4, -0.2) is 18.6 Å². The minimum atomic E-state index is -2.86. The molecule has 0 saturated heterocycles. The zero-order valence-corrected chi connectivity index (χ0v) is 10.9. The van der Waals surface area contributed by atoms with Crippen LogP contribution in [0.5, 0.6) is 5.75 Å². The highest BCUT2D eigenvalue weighted by molar-refractivity contribution is 5.91. The van der Waals surface area contributed by atoms with Gasteiger partial charge in [0.1, 0.15) is 5.75 Å². The van der Waals surface area contributed by atoms with Gasteiger partial charge < -0.3 is 15.8 Å². The van der Waals surface area contributed by atoms with Crippen molar-refractivity contribution < 1.29 is 18.3 Å². The summed E-state index contributed by atoms with van der Waals surface area (Å²) in [5, 5.41) is 2.65. The van der Waals surface area contributed by atoms with E-state index in [2.05, 4.69) is 10.1 Å². The molecular formula is C13H18F2N2O2. The van der Waals surface area contributed by atoms with Crippen LogP contribution in [0.3, 0.4) is 0 Å². The minimum Gasteiger partial charge on any atom is -0.435 e. The third kappa shape index (κ3) is 5.65. The Balaban J connectivity index is 2.51. The SMILES string of the molecule is CC(C)C(N)CC(=O)Nc1ccc(OC(F)F)cc1. The Morgan fingerprint density at radius 3 is 2.37 bits per heavy atom. The number of ether oxygens (including phenoxy) is 1. The Hall–Kier alpha value is -1.69. The molecule has 0 saturated carbocycles. The average Bonchev–Trinajstić information content (AvgIpc) is 2.30. The monoisotopic (exact) mass is 272 g/mol. The van der Waals surface area contributed by atoms with Crippen molar-refractivity contribution in [3.8, 4) is 5.75 Å². The van der Waals surface area contributed by atoms with E-state index >= 15 is 0 Å². The molecule has 0 heterocycles. The summed E-state index contributed by atoms with van der Waals surface area (Å²) in [5.74, 6) is 0.0585. The molecule has 3 N–H and O–H groups in total. The lowest BCUT2D eigenvalue weighted by molar-refractivity contribution is -0.116. The summed E-state index contributed by atoms with van der Waals surface area (Å²) in [5.41, 5.74) is 6.30. The summed E-state index contributed by atoms with van der Waals surface area (Å²) in [6.45, 7) is 1.02. The van der Waals surface area contributed by atoms with Crippen LogP contribution in [0.2, 0.25) is 0 Å². The molecule has 6 heteroatoms. The standard InChI is InChI=1S/C13H18F2N2O2/c1-8(2)11(16)7-12(18)17-9-3-5-10(6-4-9)19-13(14)15/h3-6,8,11,13H,7,16H2,1-2H3,(H,17,18). The van der Waals surface area contributed by atoms with E-state index in [1.807, 2.05) is 13.8 Å². The predicted molar refractivity (Wildman–Crippen MR) is 69.1 cm³/mol. The van der Waals surface area contributed by atoms with Gasteiger partial charge in [-0.15, -0.1) is 0 Å². The van der Waals surface area contributed by atoms with Gasteiger partial charge in [0.05, 0.1) is 0 Å². The Kier molecular flexibility index (Phi) is 5.69. The fourth-order valence-corrected chi connectivity index (χ4v) is 1.38. The third-order valence-electron chi connectivity index (χ3n) is 2.64. The van der Waals surface area contributed by atoms with Crippen LogP contribution in [0, 0.1) is 5.92 Å². The summed E-state index contributed by atoms with van der Waals surface area (Å²) >= 11 is 0. The summed E-state index contributed by atoms with van der Waals surface area (Å²) in [6.07, 6.45) is 0.215. The van der Waals surface area contributed by atoms with Crippen molar-refractivity contribution in [2.45, 2.75) is 32.9 Å². The minimum absolute atomic E-state index is 0.0480. The molecule has 0 aliphatic heterocycles. The number of carbonyl (C=O) groups excluding carboxylic acids is 1. The van der Waals surface area contributed by atoms with E-state index in [4.69, 9.17) is 5.73 Å². The maximum Gasteiger partial charge on any atom is 0.387 e. The lowest BCUT2D eigenvalue weighted by Gasteiger charge is -2.15. The lowest BCUT2D eigenvalue weighted by atomic mass is 10.0. The van der Waals surface area contributed by atoms with Gasteiger partial charge in [0.15, 0.2) is 0 Å². The molecule has 1 unspecified atom stereocenters. The smallest absolute Gasteiger partial charge is 0.387 e. The molecule has 1 rings (SSSR count). The van der Waals surface area contributed by atoms with Crippen molar-refractivity contribution in [3.05, 3.63) is 24.3 Å². The van der Waals surface area contributed by atoms with Gasteiger partial charge >= 0.3 is 6.61 Å². The third-order valence-corrected chi connectivity index (χ3v) is 2.64. The van der Waals surface area contributed by atoms with E-state index < -0.39 is 6.61 Å². The van der Waals surface area contributed by atoms with Gasteiger partial charge in [-0.1, -0.05) is 13.8 Å². The van der Waals surface area contributed by atoms with E-state index in [9.17, 15) is 13.6 Å². The molecule has 19 heavy (non-hydrogen) atoms. The van der Waals surface area contributed by atoms with E-state index in [0.717, 1.165) is 0 Å². The summed E-state index contributed by atoms with van der Waals surface area (Å²) < 4.78 is 28.1. The highest BCUT2D eigenvalue weighted by Gasteiger charge is 2.13. The van der Waals surface area contributed by atoms with Crippen LogP contribution >= 0.6 is 0 Å². The van der Waals surface area contributed by atoms with E-state index in [0.29, 0.717) is 5.69 Å². The largest absolute Gasteiger partial charge is 0.435 e. The quantitative estimate of drug-likeness (QED) is 0.836. The lowest BCUT2D eigenvalue weighted by Crippen LogP contribution is -2.31. The number of carbonyl (C=O) groups is 1. The number of nitrogens with two attached hydrogens (primary N) is 1. The molecule has 0 fully saturated rings. The van der Waals surface area contributed by atoms with Crippen molar-refractivity contribution in [1.82, 2.24) is 0 Å². The number of benzene rings is 1. The van der Waals surface area contributed by atoms with Gasteiger partial charge in [-0.05, 0) is 30.2 Å². The van der Waals surface area contributed by atoms with Crippen molar-refractivity contribution >= 4 is 11.6 Å². The van der Waals surface area contributed by atoms with Gasteiger partial charge in [-0.3, -0.25) is 4.79 Å². The summed E-state index contributed by atoms with van der Waals surface area (Å²) in [4.78, 5) is 11.6. The van der Waals surface area contributed by atoms with Crippen LogP contribution in [0.4, 0.5) is 14.5 Å². The first-order valence-electron chi connectivity index (χ1n) is 5.98. The first-order chi connectivity index (χ1) is 8.88. The maximum atomic E-state index is 11.9. The maximum absolute atomic E-state index is 11.9. The van der Waals surface area contributed by atoms with Gasteiger partial charge in [0, 0.05) is 18.2 Å². The number of rotatable bonds is 6. The Bertz CT molecular complexity index is 408. The highest BCUT2D eigenvalue weighted by Crippen LogP contribution is 2.18. The first-order valence-corrected chi connectivity index (χ1v) is 5.98. The van der Waals surface area contributed by atoms with Crippen molar-refractivity contribution in [2.24, 2.45) is 11.7 Å². The van der Waals surface area contributed by atoms with Crippen LogP contribution in [0.25, 0.3) is 0 Å². The van der Waals surface area contributed by atoms with Gasteiger partial charge in [0.25, 0.3) is 0 Å². The van der Waals surface area contributed by atoms with Crippen molar-refractivity contribution in [1.29, 1.82) is 0 Å². The molecule has 106 valence electrons.